The predicted molar refractivity (Wildman–Crippen MR) is 114 cm³/mol. The van der Waals surface area contributed by atoms with Gasteiger partial charge in [0.25, 0.3) is 0 Å². The molecule has 2 atom stereocenters. The van der Waals surface area contributed by atoms with Crippen molar-refractivity contribution in [2.75, 3.05) is 45.2 Å². The molecule has 0 aromatic heterocycles. The largest absolute Gasteiger partial charge is 0.383 e. The minimum atomic E-state index is -0.163. The Balaban J connectivity index is 1.62. The lowest BCUT2D eigenvalue weighted by Gasteiger charge is -2.39. The molecule has 1 N–H and O–H groups in total. The first kappa shape index (κ1) is 20.5. The van der Waals surface area contributed by atoms with Gasteiger partial charge in [-0.2, -0.15) is 0 Å². The van der Waals surface area contributed by atoms with Crippen molar-refractivity contribution in [3.05, 3.63) is 54.6 Å². The van der Waals surface area contributed by atoms with Gasteiger partial charge in [-0.25, -0.2) is 0 Å². The number of amides is 1. The maximum atomic E-state index is 12.9. The maximum Gasteiger partial charge on any atom is 0.241 e. The van der Waals surface area contributed by atoms with Crippen LogP contribution in [0.5, 0.6) is 0 Å². The van der Waals surface area contributed by atoms with Crippen LogP contribution >= 0.6 is 0 Å². The quantitative estimate of drug-likeness (QED) is 0.799. The number of hydrogen-bond donors (Lipinski definition) is 1. The van der Waals surface area contributed by atoms with Gasteiger partial charge in [0.2, 0.25) is 5.91 Å². The minimum Gasteiger partial charge on any atom is -0.383 e. The Morgan fingerprint density at radius 1 is 0.964 bits per heavy atom. The number of ether oxygens (including phenoxy) is 1. The second-order valence-corrected chi connectivity index (χ2v) is 7.45. The number of hydrogen-bond acceptors (Lipinski definition) is 4. The number of piperazine rings is 1. The van der Waals surface area contributed by atoms with Crippen molar-refractivity contribution in [3.63, 3.8) is 0 Å². The number of nitrogens with zero attached hydrogens (tertiary/aromatic N) is 2. The number of carbonyl (C=O) groups excluding carboxylic acids is 1. The topological polar surface area (TPSA) is 44.8 Å². The van der Waals surface area contributed by atoms with E-state index in [2.05, 4.69) is 34.2 Å². The standard InChI is InChI=1S/C23H31N3O2/c1-18(17-28-3)25-13-15-26(16-14-25)19(2)23(27)24-22-12-8-7-11-21(22)20-9-5-4-6-10-20/h4-12,18-19H,13-17H2,1-3H3,(H,24,27)/t18-,19-/m0/s1. The van der Waals surface area contributed by atoms with Gasteiger partial charge in [0.05, 0.1) is 12.6 Å². The van der Waals surface area contributed by atoms with E-state index < -0.39 is 0 Å². The van der Waals surface area contributed by atoms with Gasteiger partial charge in [-0.1, -0.05) is 48.5 Å². The summed E-state index contributed by atoms with van der Waals surface area (Å²) in [7, 11) is 1.74. The zero-order valence-corrected chi connectivity index (χ0v) is 17.1. The molecule has 5 nitrogen and oxygen atoms in total. The van der Waals surface area contributed by atoms with E-state index in [9.17, 15) is 4.79 Å². The number of para-hydroxylation sites is 1. The SMILES string of the molecule is COC[C@H](C)N1CCN([C@@H](C)C(=O)Nc2ccccc2-c2ccccc2)CC1. The molecule has 0 spiro atoms. The van der Waals surface area contributed by atoms with Crippen LogP contribution in [-0.4, -0.2) is 67.7 Å². The summed E-state index contributed by atoms with van der Waals surface area (Å²) in [4.78, 5) is 17.6. The van der Waals surface area contributed by atoms with Crippen LogP contribution in [0.2, 0.25) is 0 Å². The van der Waals surface area contributed by atoms with Crippen LogP contribution < -0.4 is 5.32 Å². The van der Waals surface area contributed by atoms with Crippen molar-refractivity contribution in [3.8, 4) is 11.1 Å². The molecule has 2 aromatic carbocycles. The van der Waals surface area contributed by atoms with Crippen LogP contribution in [0.1, 0.15) is 13.8 Å². The van der Waals surface area contributed by atoms with Crippen LogP contribution in [0, 0.1) is 0 Å². The lowest BCUT2D eigenvalue weighted by Crippen LogP contribution is -2.55. The van der Waals surface area contributed by atoms with Crippen molar-refractivity contribution in [1.29, 1.82) is 0 Å². The van der Waals surface area contributed by atoms with E-state index in [0.717, 1.165) is 49.6 Å². The van der Waals surface area contributed by atoms with Crippen molar-refractivity contribution in [2.24, 2.45) is 0 Å². The van der Waals surface area contributed by atoms with Gasteiger partial charge in [0, 0.05) is 50.6 Å². The van der Waals surface area contributed by atoms with E-state index in [-0.39, 0.29) is 11.9 Å². The molecular weight excluding hydrogens is 350 g/mol. The minimum absolute atomic E-state index is 0.0433. The zero-order valence-electron chi connectivity index (χ0n) is 17.1. The van der Waals surface area contributed by atoms with Crippen LogP contribution in [0.25, 0.3) is 11.1 Å². The van der Waals surface area contributed by atoms with Gasteiger partial charge in [-0.05, 0) is 25.5 Å². The summed E-state index contributed by atoms with van der Waals surface area (Å²) in [5, 5.41) is 3.15. The molecule has 0 bridgehead atoms. The van der Waals surface area contributed by atoms with Crippen molar-refractivity contribution in [2.45, 2.75) is 25.9 Å². The molecular formula is C23H31N3O2. The van der Waals surface area contributed by atoms with E-state index in [1.165, 1.54) is 0 Å². The first-order valence-corrected chi connectivity index (χ1v) is 10.0. The third-order valence-corrected chi connectivity index (χ3v) is 5.58. The summed E-state index contributed by atoms with van der Waals surface area (Å²) in [6, 6.07) is 18.4. The average molecular weight is 382 g/mol. The summed E-state index contributed by atoms with van der Waals surface area (Å²) in [5.74, 6) is 0.0433. The van der Waals surface area contributed by atoms with Gasteiger partial charge in [-0.15, -0.1) is 0 Å². The molecule has 150 valence electrons. The molecule has 1 fully saturated rings. The Kier molecular flexibility index (Phi) is 7.20. The second-order valence-electron chi connectivity index (χ2n) is 7.45. The molecule has 28 heavy (non-hydrogen) atoms. The number of anilines is 1. The molecule has 0 aliphatic carbocycles. The summed E-state index contributed by atoms with van der Waals surface area (Å²) in [5.41, 5.74) is 3.01. The molecule has 3 rings (SSSR count). The van der Waals surface area contributed by atoms with Crippen molar-refractivity contribution >= 4 is 11.6 Å². The second kappa shape index (κ2) is 9.82. The fraction of sp³-hybridized carbons (Fsp3) is 0.435. The number of nitrogens with one attached hydrogen (secondary N) is 1. The average Bonchev–Trinajstić information content (AvgIpc) is 2.74. The first-order valence-electron chi connectivity index (χ1n) is 10.0. The third kappa shape index (κ3) is 4.98. The smallest absolute Gasteiger partial charge is 0.241 e. The molecule has 1 heterocycles. The van der Waals surface area contributed by atoms with E-state index >= 15 is 0 Å². The summed E-state index contributed by atoms with van der Waals surface area (Å²) >= 11 is 0. The Bertz CT molecular complexity index is 757. The van der Waals surface area contributed by atoms with Crippen LogP contribution in [0.15, 0.2) is 54.6 Å². The third-order valence-electron chi connectivity index (χ3n) is 5.58. The maximum absolute atomic E-state index is 12.9. The molecule has 2 aromatic rings. The normalized spacial score (nSPS) is 17.8. The molecule has 5 heteroatoms. The Morgan fingerprint density at radius 2 is 1.57 bits per heavy atom. The van der Waals surface area contributed by atoms with E-state index in [1.54, 1.807) is 7.11 Å². The van der Waals surface area contributed by atoms with Gasteiger partial charge in [0.1, 0.15) is 0 Å². The van der Waals surface area contributed by atoms with E-state index in [4.69, 9.17) is 4.74 Å². The molecule has 1 amide bonds. The Labute approximate surface area is 168 Å². The molecule has 0 unspecified atom stereocenters. The van der Waals surface area contributed by atoms with Gasteiger partial charge in [0.15, 0.2) is 0 Å². The summed E-state index contributed by atoms with van der Waals surface area (Å²) in [6.07, 6.45) is 0. The summed E-state index contributed by atoms with van der Waals surface area (Å²) < 4.78 is 5.26. The molecule has 1 saturated heterocycles. The van der Waals surface area contributed by atoms with Crippen LogP contribution in [-0.2, 0) is 9.53 Å². The fourth-order valence-corrected chi connectivity index (χ4v) is 3.78. The van der Waals surface area contributed by atoms with Crippen LogP contribution in [0.3, 0.4) is 0 Å². The summed E-state index contributed by atoms with van der Waals surface area (Å²) in [6.45, 7) is 8.63. The van der Waals surface area contributed by atoms with Crippen LogP contribution in [0.4, 0.5) is 5.69 Å². The number of rotatable bonds is 7. The van der Waals surface area contributed by atoms with E-state index in [0.29, 0.717) is 6.04 Å². The predicted octanol–water partition coefficient (Wildman–Crippen LogP) is 3.33. The lowest BCUT2D eigenvalue weighted by molar-refractivity contribution is -0.121. The first-order chi connectivity index (χ1) is 13.6. The highest BCUT2D eigenvalue weighted by Gasteiger charge is 2.27. The van der Waals surface area contributed by atoms with Crippen molar-refractivity contribution < 1.29 is 9.53 Å². The number of benzene rings is 2. The number of carbonyl (C=O) groups is 1. The van der Waals surface area contributed by atoms with Gasteiger partial charge >= 0.3 is 0 Å². The highest BCUT2D eigenvalue weighted by Crippen LogP contribution is 2.27. The monoisotopic (exact) mass is 381 g/mol. The lowest BCUT2D eigenvalue weighted by atomic mass is 10.0. The van der Waals surface area contributed by atoms with Gasteiger partial charge < -0.3 is 10.1 Å². The highest BCUT2D eigenvalue weighted by molar-refractivity contribution is 5.98. The Morgan fingerprint density at radius 3 is 2.25 bits per heavy atom. The Hall–Kier alpha value is -2.21. The molecule has 1 aliphatic heterocycles. The number of methoxy groups -OCH3 is 1. The molecule has 1 aliphatic rings. The van der Waals surface area contributed by atoms with E-state index in [1.807, 2.05) is 49.4 Å². The molecule has 0 radical (unpaired) electrons. The molecule has 0 saturated carbocycles. The van der Waals surface area contributed by atoms with Gasteiger partial charge in [-0.3, -0.25) is 14.6 Å². The fourth-order valence-electron chi connectivity index (χ4n) is 3.78. The highest BCUT2D eigenvalue weighted by atomic mass is 16.5. The zero-order chi connectivity index (χ0) is 19.9. The van der Waals surface area contributed by atoms with Crippen molar-refractivity contribution in [1.82, 2.24) is 9.80 Å².